The van der Waals surface area contributed by atoms with Crippen molar-refractivity contribution in [2.75, 3.05) is 13.7 Å². The van der Waals surface area contributed by atoms with Gasteiger partial charge in [-0.3, -0.25) is 0 Å². The van der Waals surface area contributed by atoms with Crippen molar-refractivity contribution in [3.63, 3.8) is 0 Å². The molecule has 0 amide bonds. The van der Waals surface area contributed by atoms with Crippen molar-refractivity contribution in [1.29, 1.82) is 0 Å². The summed E-state index contributed by atoms with van der Waals surface area (Å²) in [5.74, 6) is 0.948. The van der Waals surface area contributed by atoms with Crippen LogP contribution < -0.4 is 10.1 Å². The molecule has 18 heavy (non-hydrogen) atoms. The number of aryl methyl sites for hydroxylation is 1. The molecule has 1 rings (SSSR count). The Hall–Kier alpha value is -1.28. The van der Waals surface area contributed by atoms with Gasteiger partial charge in [0, 0.05) is 6.04 Å². The minimum absolute atomic E-state index is 0.354. The van der Waals surface area contributed by atoms with Gasteiger partial charge in [0.25, 0.3) is 0 Å². The Kier molecular flexibility index (Phi) is 5.93. The van der Waals surface area contributed by atoms with E-state index in [0.29, 0.717) is 6.04 Å². The first kappa shape index (κ1) is 14.8. The Morgan fingerprint density at radius 2 is 2.11 bits per heavy atom. The van der Waals surface area contributed by atoms with Gasteiger partial charge >= 0.3 is 0 Å². The van der Waals surface area contributed by atoms with E-state index in [1.54, 1.807) is 7.11 Å². The standard InChI is InChI=1S/C16H25NO/c1-6-12(3)10-15(17-7-2)14-8-9-16(18-5)13(4)11-14/h8-9,11,15,17H,3,6-7,10H2,1-2,4-5H3. The summed E-state index contributed by atoms with van der Waals surface area (Å²) < 4.78 is 5.30. The van der Waals surface area contributed by atoms with Crippen molar-refractivity contribution in [3.05, 3.63) is 41.5 Å². The Labute approximate surface area is 111 Å². The molecule has 1 N–H and O–H groups in total. The lowest BCUT2D eigenvalue weighted by Gasteiger charge is -2.20. The summed E-state index contributed by atoms with van der Waals surface area (Å²) in [6, 6.07) is 6.74. The van der Waals surface area contributed by atoms with E-state index >= 15 is 0 Å². The smallest absolute Gasteiger partial charge is 0.121 e. The Bertz CT molecular complexity index is 398. The molecule has 2 heteroatoms. The number of ether oxygens (including phenoxy) is 1. The number of hydrogen-bond acceptors (Lipinski definition) is 2. The lowest BCUT2D eigenvalue weighted by atomic mass is 9.97. The average Bonchev–Trinajstić information content (AvgIpc) is 2.38. The van der Waals surface area contributed by atoms with Crippen LogP contribution in [-0.4, -0.2) is 13.7 Å². The normalized spacial score (nSPS) is 12.2. The van der Waals surface area contributed by atoms with Crippen molar-refractivity contribution < 1.29 is 4.74 Å². The molecule has 0 saturated heterocycles. The zero-order chi connectivity index (χ0) is 13.5. The molecule has 2 nitrogen and oxygen atoms in total. The molecule has 100 valence electrons. The highest BCUT2D eigenvalue weighted by Gasteiger charge is 2.12. The zero-order valence-electron chi connectivity index (χ0n) is 12.0. The van der Waals surface area contributed by atoms with Gasteiger partial charge in [0.1, 0.15) is 5.75 Å². The predicted octanol–water partition coefficient (Wildman–Crippen LogP) is 4.01. The van der Waals surface area contributed by atoms with Crippen molar-refractivity contribution in [1.82, 2.24) is 5.32 Å². The number of hydrogen-bond donors (Lipinski definition) is 1. The fraction of sp³-hybridized carbons (Fsp3) is 0.500. The van der Waals surface area contributed by atoms with Crippen LogP contribution in [0.25, 0.3) is 0 Å². The molecule has 0 saturated carbocycles. The number of nitrogens with one attached hydrogen (secondary N) is 1. The largest absolute Gasteiger partial charge is 0.496 e. The molecule has 0 spiro atoms. The summed E-state index contributed by atoms with van der Waals surface area (Å²) in [6.45, 7) is 11.5. The second kappa shape index (κ2) is 7.22. The maximum absolute atomic E-state index is 5.30. The van der Waals surface area contributed by atoms with E-state index in [1.165, 1.54) is 16.7 Å². The van der Waals surface area contributed by atoms with Crippen molar-refractivity contribution in [2.45, 2.75) is 39.7 Å². The van der Waals surface area contributed by atoms with Gasteiger partial charge in [-0.15, -0.1) is 0 Å². The second-order valence-corrected chi connectivity index (χ2v) is 4.65. The highest BCUT2D eigenvalue weighted by atomic mass is 16.5. The van der Waals surface area contributed by atoms with Crippen LogP contribution in [0.3, 0.4) is 0 Å². The average molecular weight is 247 g/mol. The monoisotopic (exact) mass is 247 g/mol. The topological polar surface area (TPSA) is 21.3 Å². The van der Waals surface area contributed by atoms with Crippen LogP contribution in [0.15, 0.2) is 30.4 Å². The quantitative estimate of drug-likeness (QED) is 0.735. The summed E-state index contributed by atoms with van der Waals surface area (Å²) in [5.41, 5.74) is 3.78. The van der Waals surface area contributed by atoms with E-state index in [9.17, 15) is 0 Å². The summed E-state index contributed by atoms with van der Waals surface area (Å²) in [6.07, 6.45) is 2.03. The summed E-state index contributed by atoms with van der Waals surface area (Å²) in [4.78, 5) is 0. The first-order chi connectivity index (χ1) is 8.62. The minimum Gasteiger partial charge on any atom is -0.496 e. The van der Waals surface area contributed by atoms with Crippen LogP contribution in [0.1, 0.15) is 43.9 Å². The van der Waals surface area contributed by atoms with E-state index in [1.807, 2.05) is 6.07 Å². The number of methoxy groups -OCH3 is 1. The van der Waals surface area contributed by atoms with Crippen LogP contribution in [-0.2, 0) is 0 Å². The Balaban J connectivity index is 2.91. The molecule has 0 bridgehead atoms. The number of benzene rings is 1. The third kappa shape index (κ3) is 3.88. The SMILES string of the molecule is C=C(CC)CC(NCC)c1ccc(OC)c(C)c1. The molecule has 1 unspecified atom stereocenters. The van der Waals surface area contributed by atoms with Crippen molar-refractivity contribution >= 4 is 0 Å². The molecule has 0 aliphatic carbocycles. The molecule has 0 aromatic heterocycles. The molecule has 1 aromatic carbocycles. The van der Waals surface area contributed by atoms with Crippen molar-refractivity contribution in [2.24, 2.45) is 0 Å². The van der Waals surface area contributed by atoms with Crippen LogP contribution in [0.4, 0.5) is 0 Å². The zero-order valence-corrected chi connectivity index (χ0v) is 12.0. The van der Waals surface area contributed by atoms with E-state index < -0.39 is 0 Å². The molecule has 0 heterocycles. The maximum Gasteiger partial charge on any atom is 0.121 e. The summed E-state index contributed by atoms with van der Waals surface area (Å²) in [5, 5.41) is 3.53. The van der Waals surface area contributed by atoms with E-state index in [2.05, 4.69) is 44.8 Å². The highest BCUT2D eigenvalue weighted by molar-refractivity contribution is 5.37. The summed E-state index contributed by atoms with van der Waals surface area (Å²) >= 11 is 0. The van der Waals surface area contributed by atoms with Gasteiger partial charge in [-0.2, -0.15) is 0 Å². The first-order valence-corrected chi connectivity index (χ1v) is 6.66. The lowest BCUT2D eigenvalue weighted by molar-refractivity contribution is 0.411. The number of rotatable bonds is 7. The molecular weight excluding hydrogens is 222 g/mol. The maximum atomic E-state index is 5.30. The van der Waals surface area contributed by atoms with Gasteiger partial charge < -0.3 is 10.1 Å². The second-order valence-electron chi connectivity index (χ2n) is 4.65. The molecule has 0 aliphatic heterocycles. The first-order valence-electron chi connectivity index (χ1n) is 6.66. The Morgan fingerprint density at radius 1 is 1.39 bits per heavy atom. The molecule has 1 aromatic rings. The highest BCUT2D eigenvalue weighted by Crippen LogP contribution is 2.26. The lowest BCUT2D eigenvalue weighted by Crippen LogP contribution is -2.21. The minimum atomic E-state index is 0.354. The van der Waals surface area contributed by atoms with E-state index in [-0.39, 0.29) is 0 Å². The third-order valence-electron chi connectivity index (χ3n) is 3.26. The molecule has 0 fully saturated rings. The van der Waals surface area contributed by atoms with Crippen molar-refractivity contribution in [3.8, 4) is 5.75 Å². The molecule has 0 radical (unpaired) electrons. The van der Waals surface area contributed by atoms with Gasteiger partial charge in [0.05, 0.1) is 7.11 Å². The van der Waals surface area contributed by atoms with Crippen LogP contribution >= 0.6 is 0 Å². The van der Waals surface area contributed by atoms with E-state index in [4.69, 9.17) is 4.74 Å². The van der Waals surface area contributed by atoms with Crippen LogP contribution in [0, 0.1) is 6.92 Å². The van der Waals surface area contributed by atoms with E-state index in [0.717, 1.165) is 25.1 Å². The molecule has 0 aliphatic rings. The fourth-order valence-corrected chi connectivity index (χ4v) is 2.11. The fourth-order valence-electron chi connectivity index (χ4n) is 2.11. The van der Waals surface area contributed by atoms with Crippen LogP contribution in [0.5, 0.6) is 5.75 Å². The third-order valence-corrected chi connectivity index (χ3v) is 3.26. The predicted molar refractivity (Wildman–Crippen MR) is 78.2 cm³/mol. The molecular formula is C16H25NO. The van der Waals surface area contributed by atoms with Gasteiger partial charge in [-0.25, -0.2) is 0 Å². The van der Waals surface area contributed by atoms with Gasteiger partial charge in [0.15, 0.2) is 0 Å². The van der Waals surface area contributed by atoms with Gasteiger partial charge in [0.2, 0.25) is 0 Å². The molecule has 1 atom stereocenters. The van der Waals surface area contributed by atoms with Gasteiger partial charge in [-0.05, 0) is 43.5 Å². The summed E-state index contributed by atoms with van der Waals surface area (Å²) in [7, 11) is 1.71. The Morgan fingerprint density at radius 3 is 2.61 bits per heavy atom. The van der Waals surface area contributed by atoms with Gasteiger partial charge in [-0.1, -0.05) is 38.1 Å². The van der Waals surface area contributed by atoms with Crippen LogP contribution in [0.2, 0.25) is 0 Å².